The number of ether oxygens (including phenoxy) is 1. The molecular weight excluding hydrogens is 330 g/mol. The number of hydrogen-bond acceptors (Lipinski definition) is 5. The number of benzene rings is 1. The van der Waals surface area contributed by atoms with Crippen LogP contribution in [0.4, 0.5) is 11.5 Å². The smallest absolute Gasteiger partial charge is 0.302 e. The number of carbonyl (C=O) groups is 2. The van der Waals surface area contributed by atoms with Crippen LogP contribution in [0.15, 0.2) is 42.6 Å². The molecule has 0 radical (unpaired) electrons. The van der Waals surface area contributed by atoms with Gasteiger partial charge in [0.05, 0.1) is 0 Å². The zero-order chi connectivity index (χ0) is 18.4. The molecule has 3 rings (SSSR count). The van der Waals surface area contributed by atoms with Gasteiger partial charge in [0, 0.05) is 38.2 Å². The number of nitrogens with one attached hydrogen (secondary N) is 2. The van der Waals surface area contributed by atoms with Crippen molar-refractivity contribution in [1.29, 1.82) is 0 Å². The number of esters is 1. The third-order valence-electron chi connectivity index (χ3n) is 4.33. The van der Waals surface area contributed by atoms with Crippen LogP contribution >= 0.6 is 0 Å². The Hall–Kier alpha value is -2.89. The van der Waals surface area contributed by atoms with Crippen molar-refractivity contribution in [3.05, 3.63) is 53.7 Å². The monoisotopic (exact) mass is 353 g/mol. The van der Waals surface area contributed by atoms with Gasteiger partial charge in [-0.25, -0.2) is 4.98 Å². The fraction of sp³-hybridized carbons (Fsp3) is 0.350. The van der Waals surface area contributed by atoms with E-state index < -0.39 is 0 Å². The molecule has 1 aromatic carbocycles. The predicted octanol–water partition coefficient (Wildman–Crippen LogP) is 2.94. The van der Waals surface area contributed by atoms with Crippen molar-refractivity contribution in [2.24, 2.45) is 0 Å². The molecule has 0 bridgehead atoms. The van der Waals surface area contributed by atoms with Crippen molar-refractivity contribution in [2.45, 2.75) is 38.7 Å². The molecule has 136 valence electrons. The van der Waals surface area contributed by atoms with E-state index in [1.165, 1.54) is 18.1 Å². The number of amides is 1. The first-order valence-corrected chi connectivity index (χ1v) is 8.84. The second-order valence-electron chi connectivity index (χ2n) is 6.40. The normalized spacial score (nSPS) is 15.7. The zero-order valence-corrected chi connectivity index (χ0v) is 14.8. The highest BCUT2D eigenvalue weighted by Crippen LogP contribution is 2.26. The van der Waals surface area contributed by atoms with Crippen molar-refractivity contribution in [3.8, 4) is 0 Å². The minimum atomic E-state index is -0.235. The average Bonchev–Trinajstić information content (AvgIpc) is 2.62. The molecule has 1 aromatic heterocycles. The predicted molar refractivity (Wildman–Crippen MR) is 100.0 cm³/mol. The molecule has 2 N–H and O–H groups in total. The summed E-state index contributed by atoms with van der Waals surface area (Å²) in [5, 5.41) is 6.06. The highest BCUT2D eigenvalue weighted by Gasteiger charge is 2.21. The Bertz CT molecular complexity index is 777. The molecule has 0 spiro atoms. The third-order valence-corrected chi connectivity index (χ3v) is 4.33. The number of fused-ring (bicyclic) bond motifs is 1. The van der Waals surface area contributed by atoms with Crippen LogP contribution < -0.4 is 10.6 Å². The molecule has 0 aliphatic heterocycles. The fourth-order valence-corrected chi connectivity index (χ4v) is 3.13. The molecule has 1 atom stereocenters. The number of pyridine rings is 1. The summed E-state index contributed by atoms with van der Waals surface area (Å²) < 4.78 is 5.30. The van der Waals surface area contributed by atoms with E-state index in [0.29, 0.717) is 13.0 Å². The first-order chi connectivity index (χ1) is 12.6. The lowest BCUT2D eigenvalue weighted by atomic mass is 9.89. The molecule has 26 heavy (non-hydrogen) atoms. The summed E-state index contributed by atoms with van der Waals surface area (Å²) in [5.74, 6) is 0.486. The Morgan fingerprint density at radius 3 is 2.88 bits per heavy atom. The quantitative estimate of drug-likeness (QED) is 0.781. The van der Waals surface area contributed by atoms with Gasteiger partial charge in [0.2, 0.25) is 5.91 Å². The lowest BCUT2D eigenvalue weighted by Gasteiger charge is -2.24. The first-order valence-electron chi connectivity index (χ1n) is 8.84. The van der Waals surface area contributed by atoms with Crippen LogP contribution in [-0.4, -0.2) is 29.5 Å². The van der Waals surface area contributed by atoms with E-state index in [4.69, 9.17) is 4.74 Å². The molecule has 1 amide bonds. The van der Waals surface area contributed by atoms with Gasteiger partial charge in [-0.05, 0) is 48.2 Å². The molecular formula is C20H23N3O3. The van der Waals surface area contributed by atoms with Crippen molar-refractivity contribution < 1.29 is 14.3 Å². The number of aryl methyl sites for hydroxylation is 1. The number of hydrogen-bond donors (Lipinski definition) is 2. The maximum atomic E-state index is 12.1. The Balaban J connectivity index is 1.49. The lowest BCUT2D eigenvalue weighted by molar-refractivity contribution is -0.146. The lowest BCUT2D eigenvalue weighted by Crippen LogP contribution is -2.24. The summed E-state index contributed by atoms with van der Waals surface area (Å²) in [6.45, 7) is 1.97. The average molecular weight is 353 g/mol. The Kier molecular flexibility index (Phi) is 5.84. The van der Waals surface area contributed by atoms with E-state index in [9.17, 15) is 9.59 Å². The maximum Gasteiger partial charge on any atom is 0.302 e. The first kappa shape index (κ1) is 17.9. The van der Waals surface area contributed by atoms with Crippen LogP contribution in [0.1, 0.15) is 30.9 Å². The van der Waals surface area contributed by atoms with Gasteiger partial charge in [0.15, 0.2) is 0 Å². The third kappa shape index (κ3) is 5.05. The Labute approximate surface area is 153 Å². The SMILES string of the molecule is CC(=O)OC1CCc2cc(NC(=O)CCNc3ccccn3)ccc2C1. The van der Waals surface area contributed by atoms with Gasteiger partial charge in [-0.15, -0.1) is 0 Å². The topological polar surface area (TPSA) is 80.3 Å². The summed E-state index contributed by atoms with van der Waals surface area (Å²) in [4.78, 5) is 27.4. The van der Waals surface area contributed by atoms with Crippen LogP contribution in [0.25, 0.3) is 0 Å². The molecule has 0 saturated carbocycles. The van der Waals surface area contributed by atoms with Crippen molar-refractivity contribution in [3.63, 3.8) is 0 Å². The van der Waals surface area contributed by atoms with Crippen LogP contribution in [0.3, 0.4) is 0 Å². The Morgan fingerprint density at radius 1 is 1.23 bits per heavy atom. The maximum absolute atomic E-state index is 12.1. The molecule has 0 saturated heterocycles. The summed E-state index contributed by atoms with van der Waals surface area (Å²) in [7, 11) is 0. The van der Waals surface area contributed by atoms with E-state index in [1.54, 1.807) is 6.20 Å². The van der Waals surface area contributed by atoms with Crippen LogP contribution in [0.2, 0.25) is 0 Å². The van der Waals surface area contributed by atoms with Crippen molar-refractivity contribution in [1.82, 2.24) is 4.98 Å². The van der Waals surface area contributed by atoms with Crippen molar-refractivity contribution in [2.75, 3.05) is 17.2 Å². The molecule has 6 nitrogen and oxygen atoms in total. The summed E-state index contributed by atoms with van der Waals surface area (Å²) >= 11 is 0. The second-order valence-corrected chi connectivity index (χ2v) is 6.40. The van der Waals surface area contributed by atoms with E-state index >= 15 is 0 Å². The minimum absolute atomic E-state index is 0.0398. The highest BCUT2D eigenvalue weighted by molar-refractivity contribution is 5.91. The second kappa shape index (κ2) is 8.47. The van der Waals surface area contributed by atoms with Crippen LogP contribution in [0, 0.1) is 0 Å². The molecule has 2 aromatic rings. The standard InChI is InChI=1S/C20H23N3O3/c1-14(24)26-18-8-6-15-12-17(7-5-16(15)13-18)23-20(25)9-11-22-19-4-2-3-10-21-19/h2-5,7,10,12,18H,6,8-9,11,13H2,1H3,(H,21,22)(H,23,25). The van der Waals surface area contributed by atoms with E-state index in [2.05, 4.69) is 15.6 Å². The van der Waals surface area contributed by atoms with Gasteiger partial charge in [-0.3, -0.25) is 9.59 Å². The zero-order valence-electron chi connectivity index (χ0n) is 14.8. The van der Waals surface area contributed by atoms with Gasteiger partial charge < -0.3 is 15.4 Å². The van der Waals surface area contributed by atoms with Crippen LogP contribution in [-0.2, 0) is 27.2 Å². The largest absolute Gasteiger partial charge is 0.462 e. The molecule has 1 aliphatic carbocycles. The summed E-state index contributed by atoms with van der Waals surface area (Å²) in [6, 6.07) is 11.5. The van der Waals surface area contributed by atoms with Gasteiger partial charge in [0.1, 0.15) is 11.9 Å². The summed E-state index contributed by atoms with van der Waals surface area (Å²) in [6.07, 6.45) is 4.43. The van der Waals surface area contributed by atoms with Crippen LogP contribution in [0.5, 0.6) is 0 Å². The van der Waals surface area contributed by atoms with Gasteiger partial charge in [-0.2, -0.15) is 0 Å². The van der Waals surface area contributed by atoms with Gasteiger partial charge in [0.25, 0.3) is 0 Å². The molecule has 6 heteroatoms. The minimum Gasteiger partial charge on any atom is -0.462 e. The number of aromatic nitrogens is 1. The Morgan fingerprint density at radius 2 is 2.12 bits per heavy atom. The number of nitrogens with zero attached hydrogens (tertiary/aromatic N) is 1. The molecule has 1 heterocycles. The highest BCUT2D eigenvalue weighted by atomic mass is 16.5. The summed E-state index contributed by atoms with van der Waals surface area (Å²) in [5.41, 5.74) is 3.19. The molecule has 1 aliphatic rings. The molecule has 0 fully saturated rings. The van der Waals surface area contributed by atoms with Gasteiger partial charge >= 0.3 is 5.97 Å². The van der Waals surface area contributed by atoms with Gasteiger partial charge in [-0.1, -0.05) is 12.1 Å². The number of anilines is 2. The van der Waals surface area contributed by atoms with E-state index in [0.717, 1.165) is 30.8 Å². The number of rotatable bonds is 6. The van der Waals surface area contributed by atoms with E-state index in [-0.39, 0.29) is 18.0 Å². The van der Waals surface area contributed by atoms with Crippen molar-refractivity contribution >= 4 is 23.4 Å². The molecule has 1 unspecified atom stereocenters. The fourth-order valence-electron chi connectivity index (χ4n) is 3.13. The van der Waals surface area contributed by atoms with E-state index in [1.807, 2.05) is 36.4 Å². The number of carbonyl (C=O) groups excluding carboxylic acids is 2.